The topological polar surface area (TPSA) is 100.0 Å². The number of benzene rings is 1. The number of nitrogens with zero attached hydrogens (tertiary/aromatic N) is 2. The van der Waals surface area contributed by atoms with Crippen molar-refractivity contribution in [2.75, 3.05) is 11.4 Å². The minimum absolute atomic E-state index is 0.0541. The number of carboxylic acid groups (broad SMARTS) is 2. The van der Waals surface area contributed by atoms with Gasteiger partial charge < -0.3 is 19.8 Å². The number of anilines is 1. The number of pyridine rings is 1. The lowest BCUT2D eigenvalue weighted by molar-refractivity contribution is -0.156. The summed E-state index contributed by atoms with van der Waals surface area (Å²) in [6.07, 6.45) is 1.98. The summed E-state index contributed by atoms with van der Waals surface area (Å²) in [6, 6.07) is 10.7. The van der Waals surface area contributed by atoms with Crippen molar-refractivity contribution in [3.63, 3.8) is 0 Å². The van der Waals surface area contributed by atoms with Gasteiger partial charge in [-0.3, -0.25) is 0 Å². The molecule has 1 fully saturated rings. The van der Waals surface area contributed by atoms with Gasteiger partial charge in [0, 0.05) is 16.2 Å². The maximum absolute atomic E-state index is 11.6. The minimum Gasteiger partial charge on any atom is -0.479 e. The summed E-state index contributed by atoms with van der Waals surface area (Å²) in [4.78, 5) is 28.8. The number of aromatic nitrogens is 1. The highest BCUT2D eigenvalue weighted by molar-refractivity contribution is 14.1. The van der Waals surface area contributed by atoms with Crippen molar-refractivity contribution in [1.82, 2.24) is 4.98 Å². The molecule has 25 heavy (non-hydrogen) atoms. The Bertz CT molecular complexity index is 778. The second-order valence-corrected chi connectivity index (χ2v) is 6.88. The van der Waals surface area contributed by atoms with Gasteiger partial charge in [0.05, 0.1) is 11.9 Å². The Morgan fingerprint density at radius 3 is 2.36 bits per heavy atom. The standard InChI is InChI=1S/C17H15IN2O5/c18-11-2-5-13(6-3-11)25-14-7-4-12(10-19-14)20-9-1-8-17(20,15(21)22)16(23)24/h2-7,10H,1,8-9H2,(H,21,22)(H,23,24). The largest absolute Gasteiger partial charge is 0.479 e. The molecule has 0 amide bonds. The Balaban J connectivity index is 1.83. The van der Waals surface area contributed by atoms with Crippen LogP contribution in [0, 0.1) is 3.57 Å². The van der Waals surface area contributed by atoms with Gasteiger partial charge in [-0.2, -0.15) is 0 Å². The van der Waals surface area contributed by atoms with E-state index in [0.717, 1.165) is 3.57 Å². The molecule has 1 aromatic carbocycles. The molecule has 2 N–H and O–H groups in total. The van der Waals surface area contributed by atoms with Gasteiger partial charge in [-0.15, -0.1) is 0 Å². The quantitative estimate of drug-likeness (QED) is 0.530. The summed E-state index contributed by atoms with van der Waals surface area (Å²) in [5.74, 6) is -1.75. The van der Waals surface area contributed by atoms with Gasteiger partial charge in [-0.25, -0.2) is 14.6 Å². The highest BCUT2D eigenvalue weighted by atomic mass is 127. The van der Waals surface area contributed by atoms with Crippen LogP contribution in [0.5, 0.6) is 11.6 Å². The Kier molecular flexibility index (Phi) is 4.80. The first kappa shape index (κ1) is 17.5. The lowest BCUT2D eigenvalue weighted by Crippen LogP contribution is -2.57. The summed E-state index contributed by atoms with van der Waals surface area (Å²) < 4.78 is 6.72. The molecule has 2 aromatic rings. The summed E-state index contributed by atoms with van der Waals surface area (Å²) in [7, 11) is 0. The van der Waals surface area contributed by atoms with Crippen LogP contribution >= 0.6 is 22.6 Å². The fourth-order valence-corrected chi connectivity index (χ4v) is 3.28. The number of rotatable bonds is 5. The fourth-order valence-electron chi connectivity index (χ4n) is 2.92. The first-order chi connectivity index (χ1) is 11.9. The third kappa shape index (κ3) is 3.26. The third-order valence-corrected chi connectivity index (χ3v) is 4.88. The number of ether oxygens (including phenoxy) is 1. The maximum atomic E-state index is 11.6. The highest BCUT2D eigenvalue weighted by Gasteiger charge is 2.54. The van der Waals surface area contributed by atoms with Gasteiger partial charge >= 0.3 is 11.9 Å². The molecule has 0 aliphatic carbocycles. The predicted octanol–water partition coefficient (Wildman–Crippen LogP) is 2.99. The van der Waals surface area contributed by atoms with Gasteiger partial charge in [0.1, 0.15) is 5.75 Å². The van der Waals surface area contributed by atoms with Crippen LogP contribution in [0.3, 0.4) is 0 Å². The van der Waals surface area contributed by atoms with E-state index in [4.69, 9.17) is 4.74 Å². The average molecular weight is 454 g/mol. The summed E-state index contributed by atoms with van der Waals surface area (Å²) in [5.41, 5.74) is -1.50. The van der Waals surface area contributed by atoms with E-state index in [0.29, 0.717) is 30.3 Å². The molecule has 0 atom stereocenters. The van der Waals surface area contributed by atoms with E-state index in [1.54, 1.807) is 12.1 Å². The van der Waals surface area contributed by atoms with Gasteiger partial charge in [0.15, 0.2) is 0 Å². The maximum Gasteiger partial charge on any atom is 0.341 e. The first-order valence-corrected chi connectivity index (χ1v) is 8.65. The highest BCUT2D eigenvalue weighted by Crippen LogP contribution is 2.35. The molecule has 7 nitrogen and oxygen atoms in total. The summed E-state index contributed by atoms with van der Waals surface area (Å²) >= 11 is 2.19. The summed E-state index contributed by atoms with van der Waals surface area (Å²) in [5, 5.41) is 18.9. The molecule has 0 radical (unpaired) electrons. The van der Waals surface area contributed by atoms with E-state index >= 15 is 0 Å². The fraction of sp³-hybridized carbons (Fsp3) is 0.235. The molecule has 1 aromatic heterocycles. The Morgan fingerprint density at radius 2 is 1.80 bits per heavy atom. The van der Waals surface area contributed by atoms with Crippen LogP contribution in [0.4, 0.5) is 5.69 Å². The molecule has 2 heterocycles. The Morgan fingerprint density at radius 1 is 1.12 bits per heavy atom. The van der Waals surface area contributed by atoms with Crippen molar-refractivity contribution < 1.29 is 24.5 Å². The molecule has 1 saturated heterocycles. The van der Waals surface area contributed by atoms with E-state index in [-0.39, 0.29) is 6.42 Å². The molecule has 1 aliphatic rings. The van der Waals surface area contributed by atoms with Crippen LogP contribution in [0.25, 0.3) is 0 Å². The molecule has 0 spiro atoms. The van der Waals surface area contributed by atoms with Crippen molar-refractivity contribution in [3.05, 3.63) is 46.2 Å². The third-order valence-electron chi connectivity index (χ3n) is 4.16. The SMILES string of the molecule is O=C(O)C1(C(=O)O)CCCN1c1ccc(Oc2ccc(I)cc2)nc1. The van der Waals surface area contributed by atoms with Crippen molar-refractivity contribution >= 4 is 40.2 Å². The van der Waals surface area contributed by atoms with Gasteiger partial charge in [0.2, 0.25) is 11.4 Å². The molecule has 0 bridgehead atoms. The molecule has 1 aliphatic heterocycles. The molecule has 8 heteroatoms. The lowest BCUT2D eigenvalue weighted by atomic mass is 9.96. The second-order valence-electron chi connectivity index (χ2n) is 5.64. The lowest BCUT2D eigenvalue weighted by Gasteiger charge is -2.32. The molecular weight excluding hydrogens is 439 g/mol. The average Bonchev–Trinajstić information content (AvgIpc) is 3.04. The van der Waals surface area contributed by atoms with Crippen molar-refractivity contribution in [2.24, 2.45) is 0 Å². The monoisotopic (exact) mass is 454 g/mol. The summed E-state index contributed by atoms with van der Waals surface area (Å²) in [6.45, 7) is 0.345. The number of carboxylic acids is 2. The van der Waals surface area contributed by atoms with Crippen LogP contribution in [0.15, 0.2) is 42.6 Å². The smallest absolute Gasteiger partial charge is 0.341 e. The zero-order valence-corrected chi connectivity index (χ0v) is 15.2. The number of halogens is 1. The normalized spacial score (nSPS) is 15.8. The van der Waals surface area contributed by atoms with Crippen molar-refractivity contribution in [1.29, 1.82) is 0 Å². The van der Waals surface area contributed by atoms with Crippen LogP contribution in [-0.2, 0) is 9.59 Å². The van der Waals surface area contributed by atoms with Crippen LogP contribution < -0.4 is 9.64 Å². The number of hydrogen-bond acceptors (Lipinski definition) is 5. The number of aliphatic carboxylic acids is 2. The van der Waals surface area contributed by atoms with Gasteiger partial charge in [0.25, 0.3) is 0 Å². The second kappa shape index (κ2) is 6.87. The number of carbonyl (C=O) groups is 2. The molecule has 130 valence electrons. The molecular formula is C17H15IN2O5. The van der Waals surface area contributed by atoms with E-state index < -0.39 is 17.5 Å². The van der Waals surface area contributed by atoms with Crippen LogP contribution in [0.2, 0.25) is 0 Å². The first-order valence-electron chi connectivity index (χ1n) is 7.57. The predicted molar refractivity (Wildman–Crippen MR) is 98.1 cm³/mol. The van der Waals surface area contributed by atoms with E-state index in [2.05, 4.69) is 27.6 Å². The van der Waals surface area contributed by atoms with E-state index in [9.17, 15) is 19.8 Å². The molecule has 0 saturated carbocycles. The van der Waals surface area contributed by atoms with Gasteiger partial charge in [-0.1, -0.05) is 0 Å². The van der Waals surface area contributed by atoms with Crippen LogP contribution in [0.1, 0.15) is 12.8 Å². The molecule has 0 unspecified atom stereocenters. The zero-order valence-electron chi connectivity index (χ0n) is 13.1. The van der Waals surface area contributed by atoms with Crippen molar-refractivity contribution in [2.45, 2.75) is 18.4 Å². The minimum atomic E-state index is -1.94. The Hall–Kier alpha value is -2.36. The van der Waals surface area contributed by atoms with E-state index in [1.807, 2.05) is 24.3 Å². The number of hydrogen-bond donors (Lipinski definition) is 2. The molecule has 3 rings (SSSR count). The van der Waals surface area contributed by atoms with E-state index in [1.165, 1.54) is 11.1 Å². The zero-order chi connectivity index (χ0) is 18.0. The van der Waals surface area contributed by atoms with Crippen molar-refractivity contribution in [3.8, 4) is 11.6 Å². The van der Waals surface area contributed by atoms with Gasteiger partial charge in [-0.05, 0) is 65.8 Å². The Labute approximate surface area is 157 Å². The van der Waals surface area contributed by atoms with Crippen LogP contribution in [-0.4, -0.2) is 39.2 Å².